The highest BCUT2D eigenvalue weighted by atomic mass is 35.5. The predicted molar refractivity (Wildman–Crippen MR) is 72.7 cm³/mol. The average Bonchev–Trinajstić information content (AvgIpc) is 2.71. The highest BCUT2D eigenvalue weighted by Crippen LogP contribution is 2.08. The fourth-order valence-electron chi connectivity index (χ4n) is 2.02. The summed E-state index contributed by atoms with van der Waals surface area (Å²) in [6.45, 7) is 6.33. The van der Waals surface area contributed by atoms with E-state index in [9.17, 15) is 8.42 Å². The zero-order chi connectivity index (χ0) is 12.0. The molecular formula is C10H24ClN3O2S. The van der Waals surface area contributed by atoms with Crippen molar-refractivity contribution < 1.29 is 8.42 Å². The summed E-state index contributed by atoms with van der Waals surface area (Å²) in [4.78, 5) is 0. The van der Waals surface area contributed by atoms with Crippen LogP contribution in [0.3, 0.4) is 0 Å². The van der Waals surface area contributed by atoms with Gasteiger partial charge in [-0.3, -0.25) is 0 Å². The van der Waals surface area contributed by atoms with E-state index in [1.807, 2.05) is 13.8 Å². The van der Waals surface area contributed by atoms with E-state index >= 15 is 0 Å². The maximum absolute atomic E-state index is 11.8. The topological polar surface area (TPSA) is 61.4 Å². The Hall–Kier alpha value is 0.120. The molecule has 1 heterocycles. The molecule has 1 saturated heterocycles. The molecule has 5 nitrogen and oxygen atoms in total. The van der Waals surface area contributed by atoms with E-state index in [2.05, 4.69) is 10.0 Å². The third kappa shape index (κ3) is 5.52. The zero-order valence-electron chi connectivity index (χ0n) is 10.6. The van der Waals surface area contributed by atoms with Crippen LogP contribution < -0.4 is 10.0 Å². The Morgan fingerprint density at radius 1 is 1.35 bits per heavy atom. The monoisotopic (exact) mass is 285 g/mol. The lowest BCUT2D eigenvalue weighted by molar-refractivity contribution is 0.431. The van der Waals surface area contributed by atoms with Crippen LogP contribution in [-0.4, -0.2) is 44.9 Å². The van der Waals surface area contributed by atoms with Gasteiger partial charge in [0, 0.05) is 25.7 Å². The smallest absolute Gasteiger partial charge is 0.279 e. The molecule has 1 rings (SSSR count). The predicted octanol–water partition coefficient (Wildman–Crippen LogP) is 0.726. The fraction of sp³-hybridized carbons (Fsp3) is 1.00. The molecule has 1 fully saturated rings. The molecule has 0 amide bonds. The Morgan fingerprint density at radius 3 is 2.47 bits per heavy atom. The Labute approximate surface area is 111 Å². The van der Waals surface area contributed by atoms with Crippen molar-refractivity contribution in [1.29, 1.82) is 0 Å². The van der Waals surface area contributed by atoms with Crippen molar-refractivity contribution >= 4 is 22.6 Å². The lowest BCUT2D eigenvalue weighted by Gasteiger charge is -2.19. The van der Waals surface area contributed by atoms with Gasteiger partial charge in [0.1, 0.15) is 0 Å². The van der Waals surface area contributed by atoms with Crippen molar-refractivity contribution in [2.24, 2.45) is 0 Å². The molecule has 1 atom stereocenters. The van der Waals surface area contributed by atoms with Gasteiger partial charge in [0.2, 0.25) is 0 Å². The minimum atomic E-state index is -3.26. The second-order valence-electron chi connectivity index (χ2n) is 4.07. The Balaban J connectivity index is 0.00000256. The van der Waals surface area contributed by atoms with Crippen molar-refractivity contribution in [3.63, 3.8) is 0 Å². The molecule has 1 aliphatic heterocycles. The van der Waals surface area contributed by atoms with Crippen molar-refractivity contribution in [2.75, 3.05) is 26.2 Å². The molecular weight excluding hydrogens is 262 g/mol. The van der Waals surface area contributed by atoms with E-state index in [-0.39, 0.29) is 12.4 Å². The maximum atomic E-state index is 11.8. The van der Waals surface area contributed by atoms with Gasteiger partial charge in [0.15, 0.2) is 0 Å². The molecule has 17 heavy (non-hydrogen) atoms. The van der Waals surface area contributed by atoms with Crippen LogP contribution in [0.15, 0.2) is 0 Å². The summed E-state index contributed by atoms with van der Waals surface area (Å²) in [6.07, 6.45) is 3.24. The maximum Gasteiger partial charge on any atom is 0.279 e. The van der Waals surface area contributed by atoms with Crippen molar-refractivity contribution in [2.45, 2.75) is 39.2 Å². The van der Waals surface area contributed by atoms with Crippen molar-refractivity contribution in [1.82, 2.24) is 14.3 Å². The summed E-state index contributed by atoms with van der Waals surface area (Å²) in [5, 5.41) is 3.35. The Bertz CT molecular complexity index is 288. The summed E-state index contributed by atoms with van der Waals surface area (Å²) in [5.41, 5.74) is 0. The van der Waals surface area contributed by atoms with E-state index in [1.165, 1.54) is 10.7 Å². The molecule has 1 aliphatic rings. The van der Waals surface area contributed by atoms with Crippen LogP contribution in [0.25, 0.3) is 0 Å². The van der Waals surface area contributed by atoms with Gasteiger partial charge in [-0.25, -0.2) is 4.72 Å². The number of halogens is 1. The van der Waals surface area contributed by atoms with Gasteiger partial charge in [0.05, 0.1) is 0 Å². The van der Waals surface area contributed by atoms with Crippen LogP contribution in [0.5, 0.6) is 0 Å². The fourth-order valence-corrected chi connectivity index (χ4v) is 3.26. The average molecular weight is 286 g/mol. The van der Waals surface area contributed by atoms with Gasteiger partial charge >= 0.3 is 0 Å². The van der Waals surface area contributed by atoms with Crippen LogP contribution in [0.2, 0.25) is 0 Å². The molecule has 0 spiro atoms. The molecule has 0 bridgehead atoms. The minimum absolute atomic E-state index is 0. The molecule has 0 aromatic carbocycles. The lowest BCUT2D eigenvalue weighted by Crippen LogP contribution is -2.41. The van der Waals surface area contributed by atoms with Crippen LogP contribution in [0, 0.1) is 0 Å². The third-order valence-corrected chi connectivity index (χ3v) is 4.75. The van der Waals surface area contributed by atoms with Gasteiger partial charge in [0.25, 0.3) is 10.2 Å². The normalized spacial score (nSPS) is 20.5. The molecule has 0 unspecified atom stereocenters. The lowest BCUT2D eigenvalue weighted by atomic mass is 10.2. The van der Waals surface area contributed by atoms with Crippen LogP contribution in [-0.2, 0) is 10.2 Å². The van der Waals surface area contributed by atoms with E-state index in [0.717, 1.165) is 19.4 Å². The van der Waals surface area contributed by atoms with Gasteiger partial charge < -0.3 is 5.32 Å². The van der Waals surface area contributed by atoms with Crippen LogP contribution >= 0.6 is 12.4 Å². The molecule has 0 aromatic rings. The Morgan fingerprint density at radius 2 is 2.00 bits per heavy atom. The summed E-state index contributed by atoms with van der Waals surface area (Å²) < 4.78 is 27.6. The van der Waals surface area contributed by atoms with Gasteiger partial charge in [-0.15, -0.1) is 12.4 Å². The first kappa shape index (κ1) is 17.1. The number of hydrogen-bond donors (Lipinski definition) is 2. The second-order valence-corrected chi connectivity index (χ2v) is 5.82. The molecule has 0 saturated carbocycles. The summed E-state index contributed by atoms with van der Waals surface area (Å²) in [6, 6.07) is 0.486. The molecule has 7 heteroatoms. The first-order valence-corrected chi connectivity index (χ1v) is 7.52. The van der Waals surface area contributed by atoms with Crippen LogP contribution in [0.4, 0.5) is 0 Å². The Kier molecular flexibility index (Phi) is 8.32. The van der Waals surface area contributed by atoms with Gasteiger partial charge in [-0.05, 0) is 25.8 Å². The third-order valence-electron chi connectivity index (χ3n) is 2.98. The van der Waals surface area contributed by atoms with E-state index in [1.54, 1.807) is 0 Å². The van der Waals surface area contributed by atoms with E-state index in [0.29, 0.717) is 25.7 Å². The minimum Gasteiger partial charge on any atom is -0.314 e. The van der Waals surface area contributed by atoms with Crippen LogP contribution in [0.1, 0.15) is 33.1 Å². The molecule has 2 N–H and O–H groups in total. The first-order chi connectivity index (χ1) is 7.60. The van der Waals surface area contributed by atoms with E-state index in [4.69, 9.17) is 0 Å². The first-order valence-electron chi connectivity index (χ1n) is 6.08. The standard InChI is InChI=1S/C10H23N3O2S.ClH/c1-3-13(4-2)16(14,15)12-9-7-10-6-5-8-11-10;/h10-12H,3-9H2,1-2H3;1H/t10-;/m1./s1. The number of rotatable bonds is 7. The largest absolute Gasteiger partial charge is 0.314 e. The summed E-state index contributed by atoms with van der Waals surface area (Å²) in [5.74, 6) is 0. The summed E-state index contributed by atoms with van der Waals surface area (Å²) >= 11 is 0. The SMILES string of the molecule is CCN(CC)S(=O)(=O)NCC[C@H]1CCCN1.Cl. The molecule has 0 radical (unpaired) electrons. The zero-order valence-corrected chi connectivity index (χ0v) is 12.2. The quantitative estimate of drug-likeness (QED) is 0.725. The van der Waals surface area contributed by atoms with Crippen molar-refractivity contribution in [3.05, 3.63) is 0 Å². The second kappa shape index (κ2) is 8.26. The number of hydrogen-bond acceptors (Lipinski definition) is 3. The molecule has 104 valence electrons. The number of nitrogens with zero attached hydrogens (tertiary/aromatic N) is 1. The van der Waals surface area contributed by atoms with Gasteiger partial charge in [-0.1, -0.05) is 13.8 Å². The highest BCUT2D eigenvalue weighted by molar-refractivity contribution is 7.87. The number of nitrogens with one attached hydrogen (secondary N) is 2. The molecule has 0 aliphatic carbocycles. The van der Waals surface area contributed by atoms with E-state index < -0.39 is 10.2 Å². The van der Waals surface area contributed by atoms with Crippen molar-refractivity contribution in [3.8, 4) is 0 Å². The summed E-state index contributed by atoms with van der Waals surface area (Å²) in [7, 11) is -3.26. The van der Waals surface area contributed by atoms with Gasteiger partial charge in [-0.2, -0.15) is 12.7 Å². The highest BCUT2D eigenvalue weighted by Gasteiger charge is 2.19. The molecule has 0 aromatic heterocycles.